The highest BCUT2D eigenvalue weighted by Gasteiger charge is 2.28. The molecule has 1 aliphatic heterocycles. The fraction of sp³-hybridized carbons (Fsp3) is 0.235. The molecule has 0 bridgehead atoms. The van der Waals surface area contributed by atoms with Crippen LogP contribution in [0.4, 0.5) is 0 Å². The van der Waals surface area contributed by atoms with Crippen LogP contribution >= 0.6 is 11.6 Å². The molecule has 0 fully saturated rings. The van der Waals surface area contributed by atoms with E-state index >= 15 is 0 Å². The van der Waals surface area contributed by atoms with Gasteiger partial charge in [0.15, 0.2) is 6.39 Å². The molecule has 24 heavy (non-hydrogen) atoms. The zero-order valence-corrected chi connectivity index (χ0v) is 13.8. The molecule has 3 aromatic rings. The Balaban J connectivity index is 1.65. The fourth-order valence-electron chi connectivity index (χ4n) is 2.97. The summed E-state index contributed by atoms with van der Waals surface area (Å²) in [4.78, 5) is 18.4. The maximum absolute atomic E-state index is 12.6. The Morgan fingerprint density at radius 2 is 2.12 bits per heavy atom. The first-order chi connectivity index (χ1) is 11.6. The monoisotopic (exact) mass is 342 g/mol. The molecule has 0 saturated heterocycles. The lowest BCUT2D eigenvalue weighted by Gasteiger charge is -2.26. The molecule has 0 radical (unpaired) electrons. The highest BCUT2D eigenvalue weighted by molar-refractivity contribution is 6.30. The Kier molecular flexibility index (Phi) is 3.61. The van der Waals surface area contributed by atoms with Gasteiger partial charge in [-0.05, 0) is 19.1 Å². The van der Waals surface area contributed by atoms with Crippen LogP contribution in [0.3, 0.4) is 0 Å². The van der Waals surface area contributed by atoms with Gasteiger partial charge < -0.3 is 9.32 Å². The van der Waals surface area contributed by atoms with E-state index in [2.05, 4.69) is 15.2 Å². The van der Waals surface area contributed by atoms with Crippen molar-refractivity contribution in [3.63, 3.8) is 0 Å². The second kappa shape index (κ2) is 5.79. The minimum Gasteiger partial charge on any atom is -0.438 e. The summed E-state index contributed by atoms with van der Waals surface area (Å²) >= 11 is 5.96. The molecule has 7 heteroatoms. The van der Waals surface area contributed by atoms with Gasteiger partial charge in [-0.1, -0.05) is 23.7 Å². The molecular formula is C17H15ClN4O2. The standard InChI is InChI=1S/C17H15ClN4O2/c1-10-16(24-9-19-10)17(23)22-7-6-14-13(8-22)15(21-20-14)11-2-4-12(18)5-3-11/h2-5,9H,6-8H2,1H3,(H,20,21). The Bertz CT molecular complexity index is 898. The highest BCUT2D eigenvalue weighted by Crippen LogP contribution is 2.29. The first-order valence-electron chi connectivity index (χ1n) is 7.65. The molecule has 0 aliphatic carbocycles. The lowest BCUT2D eigenvalue weighted by molar-refractivity contribution is 0.0701. The van der Waals surface area contributed by atoms with Crippen molar-refractivity contribution in [3.05, 3.63) is 58.4 Å². The summed E-state index contributed by atoms with van der Waals surface area (Å²) in [6.45, 7) is 2.88. The third-order valence-corrected chi connectivity index (χ3v) is 4.53. The Labute approximate surface area is 143 Å². The Morgan fingerprint density at radius 1 is 1.33 bits per heavy atom. The number of amides is 1. The van der Waals surface area contributed by atoms with Crippen LogP contribution in [0.5, 0.6) is 0 Å². The SMILES string of the molecule is Cc1ncoc1C(=O)N1CCc2[nH]nc(-c3ccc(Cl)cc3)c2C1. The maximum atomic E-state index is 12.6. The molecule has 0 unspecified atom stereocenters. The van der Waals surface area contributed by atoms with Crippen LogP contribution in [0.25, 0.3) is 11.3 Å². The smallest absolute Gasteiger partial charge is 0.291 e. The third-order valence-electron chi connectivity index (χ3n) is 4.28. The van der Waals surface area contributed by atoms with Crippen molar-refractivity contribution in [1.82, 2.24) is 20.1 Å². The Morgan fingerprint density at radius 3 is 2.83 bits per heavy atom. The van der Waals surface area contributed by atoms with E-state index in [1.54, 1.807) is 11.8 Å². The van der Waals surface area contributed by atoms with Gasteiger partial charge in [-0.15, -0.1) is 0 Å². The number of nitrogens with zero attached hydrogens (tertiary/aromatic N) is 3. The number of aromatic amines is 1. The summed E-state index contributed by atoms with van der Waals surface area (Å²) in [5.74, 6) is 0.161. The number of benzene rings is 1. The van der Waals surface area contributed by atoms with E-state index in [4.69, 9.17) is 16.0 Å². The molecule has 0 saturated carbocycles. The number of rotatable bonds is 2. The first-order valence-corrected chi connectivity index (χ1v) is 8.02. The summed E-state index contributed by atoms with van der Waals surface area (Å²) < 4.78 is 5.24. The number of nitrogens with one attached hydrogen (secondary N) is 1. The molecule has 1 amide bonds. The molecule has 0 spiro atoms. The molecule has 4 rings (SSSR count). The molecule has 0 atom stereocenters. The molecule has 3 heterocycles. The van der Waals surface area contributed by atoms with Gasteiger partial charge >= 0.3 is 0 Å². The van der Waals surface area contributed by atoms with Gasteiger partial charge in [-0.2, -0.15) is 5.10 Å². The number of oxazole rings is 1. The largest absolute Gasteiger partial charge is 0.438 e. The number of H-pyrrole nitrogens is 1. The van der Waals surface area contributed by atoms with Gasteiger partial charge in [0.1, 0.15) is 0 Å². The summed E-state index contributed by atoms with van der Waals surface area (Å²) in [6.07, 6.45) is 2.03. The lowest BCUT2D eigenvalue weighted by atomic mass is 10.0. The van der Waals surface area contributed by atoms with Crippen LogP contribution in [0, 0.1) is 6.92 Å². The molecule has 2 aromatic heterocycles. The highest BCUT2D eigenvalue weighted by atomic mass is 35.5. The van der Waals surface area contributed by atoms with E-state index in [1.807, 2.05) is 24.3 Å². The third kappa shape index (κ3) is 2.49. The zero-order chi connectivity index (χ0) is 16.7. The van der Waals surface area contributed by atoms with E-state index < -0.39 is 0 Å². The number of halogens is 1. The number of aromatic nitrogens is 3. The molecule has 6 nitrogen and oxygen atoms in total. The number of hydrogen-bond donors (Lipinski definition) is 1. The number of aryl methyl sites for hydroxylation is 1. The maximum Gasteiger partial charge on any atom is 0.291 e. The average molecular weight is 343 g/mol. The molecule has 122 valence electrons. The summed E-state index contributed by atoms with van der Waals surface area (Å²) in [5, 5.41) is 8.20. The van der Waals surface area contributed by atoms with Crippen molar-refractivity contribution < 1.29 is 9.21 Å². The minimum atomic E-state index is -0.140. The van der Waals surface area contributed by atoms with Gasteiger partial charge in [-0.3, -0.25) is 9.89 Å². The van der Waals surface area contributed by atoms with E-state index in [1.165, 1.54) is 6.39 Å². The Hall–Kier alpha value is -2.60. The number of carbonyl (C=O) groups excluding carboxylic acids is 1. The lowest BCUT2D eigenvalue weighted by Crippen LogP contribution is -2.36. The summed E-state index contributed by atoms with van der Waals surface area (Å²) in [5.41, 5.74) is 4.54. The number of fused-ring (bicyclic) bond motifs is 1. The van der Waals surface area contributed by atoms with Crippen LogP contribution < -0.4 is 0 Å². The van der Waals surface area contributed by atoms with Gasteiger partial charge in [0, 0.05) is 34.8 Å². The van der Waals surface area contributed by atoms with Crippen molar-refractivity contribution in [2.45, 2.75) is 19.9 Å². The second-order valence-electron chi connectivity index (χ2n) is 5.78. The van der Waals surface area contributed by atoms with Gasteiger partial charge in [0.25, 0.3) is 5.91 Å². The number of carbonyl (C=O) groups is 1. The summed E-state index contributed by atoms with van der Waals surface area (Å²) in [7, 11) is 0. The topological polar surface area (TPSA) is 75.0 Å². The van der Waals surface area contributed by atoms with Crippen molar-refractivity contribution in [1.29, 1.82) is 0 Å². The zero-order valence-electron chi connectivity index (χ0n) is 13.0. The van der Waals surface area contributed by atoms with Crippen LogP contribution in [0.1, 0.15) is 27.5 Å². The second-order valence-corrected chi connectivity index (χ2v) is 6.22. The molecule has 1 aromatic carbocycles. The normalized spacial score (nSPS) is 13.8. The van der Waals surface area contributed by atoms with Gasteiger partial charge in [0.05, 0.1) is 17.9 Å². The van der Waals surface area contributed by atoms with Crippen molar-refractivity contribution >= 4 is 17.5 Å². The van der Waals surface area contributed by atoms with Gasteiger partial charge in [-0.25, -0.2) is 4.98 Å². The van der Waals surface area contributed by atoms with Crippen LogP contribution in [0.15, 0.2) is 35.1 Å². The van der Waals surface area contributed by atoms with Crippen LogP contribution in [-0.2, 0) is 13.0 Å². The van der Waals surface area contributed by atoms with E-state index in [0.29, 0.717) is 29.6 Å². The van der Waals surface area contributed by atoms with E-state index in [-0.39, 0.29) is 5.91 Å². The van der Waals surface area contributed by atoms with Crippen LogP contribution in [0.2, 0.25) is 5.02 Å². The van der Waals surface area contributed by atoms with Crippen molar-refractivity contribution in [3.8, 4) is 11.3 Å². The predicted octanol–water partition coefficient (Wildman–Crippen LogP) is 3.23. The van der Waals surface area contributed by atoms with E-state index in [9.17, 15) is 4.79 Å². The van der Waals surface area contributed by atoms with E-state index in [0.717, 1.165) is 28.9 Å². The van der Waals surface area contributed by atoms with Crippen molar-refractivity contribution in [2.75, 3.05) is 6.54 Å². The molecule has 1 aliphatic rings. The summed E-state index contributed by atoms with van der Waals surface area (Å²) in [6, 6.07) is 7.53. The minimum absolute atomic E-state index is 0.140. The molecular weight excluding hydrogens is 328 g/mol. The predicted molar refractivity (Wildman–Crippen MR) is 88.7 cm³/mol. The van der Waals surface area contributed by atoms with Crippen LogP contribution in [-0.4, -0.2) is 32.5 Å². The number of hydrogen-bond acceptors (Lipinski definition) is 4. The molecule has 1 N–H and O–H groups in total. The van der Waals surface area contributed by atoms with Crippen molar-refractivity contribution in [2.24, 2.45) is 0 Å². The van der Waals surface area contributed by atoms with Gasteiger partial charge in [0.2, 0.25) is 5.76 Å². The average Bonchev–Trinajstić information content (AvgIpc) is 3.20. The first kappa shape index (κ1) is 15.0. The fourth-order valence-corrected chi connectivity index (χ4v) is 3.09. The quantitative estimate of drug-likeness (QED) is 0.775.